The lowest BCUT2D eigenvalue weighted by atomic mass is 10.1. The van der Waals surface area contributed by atoms with Gasteiger partial charge in [0.1, 0.15) is 17.4 Å². The van der Waals surface area contributed by atoms with Crippen LogP contribution in [0.15, 0.2) is 75.2 Å². The van der Waals surface area contributed by atoms with E-state index in [9.17, 15) is 14.9 Å². The number of amides is 2. The summed E-state index contributed by atoms with van der Waals surface area (Å²) in [6.07, 6.45) is 1.40. The highest BCUT2D eigenvalue weighted by Gasteiger charge is 2.15. The fourth-order valence-corrected chi connectivity index (χ4v) is 4.42. The summed E-state index contributed by atoms with van der Waals surface area (Å²) >= 11 is 12.9. The van der Waals surface area contributed by atoms with Gasteiger partial charge in [-0.25, -0.2) is 0 Å². The van der Waals surface area contributed by atoms with Crippen molar-refractivity contribution in [1.29, 1.82) is 5.26 Å². The Bertz CT molecular complexity index is 1300. The topological polar surface area (TPSA) is 91.2 Å². The van der Waals surface area contributed by atoms with Crippen molar-refractivity contribution in [3.63, 3.8) is 0 Å². The highest BCUT2D eigenvalue weighted by molar-refractivity contribution is 9.11. The van der Waals surface area contributed by atoms with Crippen LogP contribution in [0, 0.1) is 18.3 Å². The molecule has 9 heteroatoms. The summed E-state index contributed by atoms with van der Waals surface area (Å²) in [6, 6.07) is 19.4. The van der Waals surface area contributed by atoms with Gasteiger partial charge >= 0.3 is 0 Å². The van der Waals surface area contributed by atoms with Gasteiger partial charge in [0.25, 0.3) is 11.8 Å². The average Bonchev–Trinajstić information content (AvgIpc) is 2.79. The number of rotatable bonds is 7. The molecule has 172 valence electrons. The van der Waals surface area contributed by atoms with Gasteiger partial charge in [0, 0.05) is 26.4 Å². The SMILES string of the molecule is Cc1ccc(NC(=O)COc2c(Br)cc(Br)cc2/C=C(\C#N)C(=O)Nc2ccccc2)cc1Cl. The Balaban J connectivity index is 1.79. The van der Waals surface area contributed by atoms with E-state index in [1.807, 2.05) is 19.1 Å². The van der Waals surface area contributed by atoms with Crippen LogP contribution in [0.3, 0.4) is 0 Å². The van der Waals surface area contributed by atoms with E-state index in [0.717, 1.165) is 5.56 Å². The fraction of sp³-hybridized carbons (Fsp3) is 0.0800. The van der Waals surface area contributed by atoms with Crippen LogP contribution in [0.4, 0.5) is 11.4 Å². The van der Waals surface area contributed by atoms with Crippen molar-refractivity contribution in [2.75, 3.05) is 17.2 Å². The Hall–Kier alpha value is -3.12. The fourth-order valence-electron chi connectivity index (χ4n) is 2.87. The first-order valence-electron chi connectivity index (χ1n) is 9.93. The summed E-state index contributed by atoms with van der Waals surface area (Å²) in [5, 5.41) is 15.5. The molecule has 3 aromatic rings. The molecular formula is C25H18Br2ClN3O3. The zero-order valence-corrected chi connectivity index (χ0v) is 21.8. The van der Waals surface area contributed by atoms with Crippen LogP contribution in [-0.2, 0) is 9.59 Å². The second kappa shape index (κ2) is 11.8. The number of para-hydroxylation sites is 1. The molecule has 0 aromatic heterocycles. The standard InChI is InChI=1S/C25H18Br2ClN3O3/c1-15-7-8-20(12-22(15)28)30-23(32)14-34-24-16(10-18(26)11-21(24)27)9-17(13-29)25(33)31-19-5-3-2-4-6-19/h2-12H,14H2,1H3,(H,30,32)(H,31,33)/b17-9+. The van der Waals surface area contributed by atoms with Gasteiger partial charge in [-0.3, -0.25) is 9.59 Å². The summed E-state index contributed by atoms with van der Waals surface area (Å²) in [4.78, 5) is 25.0. The lowest BCUT2D eigenvalue weighted by molar-refractivity contribution is -0.118. The molecule has 2 amide bonds. The van der Waals surface area contributed by atoms with E-state index < -0.39 is 11.8 Å². The van der Waals surface area contributed by atoms with Gasteiger partial charge in [-0.15, -0.1) is 0 Å². The molecule has 0 spiro atoms. The predicted molar refractivity (Wildman–Crippen MR) is 141 cm³/mol. The molecule has 0 saturated heterocycles. The van der Waals surface area contributed by atoms with Gasteiger partial charge in [0.2, 0.25) is 0 Å². The molecule has 0 unspecified atom stereocenters. The molecule has 6 nitrogen and oxygen atoms in total. The minimum Gasteiger partial charge on any atom is -0.482 e. The van der Waals surface area contributed by atoms with Crippen LogP contribution < -0.4 is 15.4 Å². The van der Waals surface area contributed by atoms with Crippen molar-refractivity contribution in [3.8, 4) is 11.8 Å². The molecule has 3 aromatic carbocycles. The van der Waals surface area contributed by atoms with Crippen LogP contribution in [0.1, 0.15) is 11.1 Å². The van der Waals surface area contributed by atoms with Gasteiger partial charge < -0.3 is 15.4 Å². The number of benzene rings is 3. The molecule has 0 saturated carbocycles. The maximum absolute atomic E-state index is 12.6. The first kappa shape index (κ1) is 25.5. The van der Waals surface area contributed by atoms with Crippen LogP contribution >= 0.6 is 43.5 Å². The van der Waals surface area contributed by atoms with Gasteiger partial charge in [0.15, 0.2) is 6.61 Å². The van der Waals surface area contributed by atoms with Crippen molar-refractivity contribution < 1.29 is 14.3 Å². The molecule has 0 radical (unpaired) electrons. The van der Waals surface area contributed by atoms with Crippen molar-refractivity contribution in [2.45, 2.75) is 6.92 Å². The molecule has 0 heterocycles. The minimum absolute atomic E-state index is 0.127. The van der Waals surface area contributed by atoms with E-state index in [-0.39, 0.29) is 12.2 Å². The smallest absolute Gasteiger partial charge is 0.266 e. The van der Waals surface area contributed by atoms with E-state index in [1.54, 1.807) is 54.6 Å². The maximum Gasteiger partial charge on any atom is 0.266 e. The third-order valence-corrected chi connectivity index (χ3v) is 5.99. The second-order valence-corrected chi connectivity index (χ2v) is 9.27. The molecule has 0 atom stereocenters. The van der Waals surface area contributed by atoms with Gasteiger partial charge in [0.05, 0.1) is 4.47 Å². The first-order chi connectivity index (χ1) is 16.3. The Morgan fingerprint density at radius 2 is 1.79 bits per heavy atom. The number of aryl methyl sites for hydroxylation is 1. The lowest BCUT2D eigenvalue weighted by Gasteiger charge is -2.13. The van der Waals surface area contributed by atoms with Crippen LogP contribution in [0.2, 0.25) is 5.02 Å². The number of ether oxygens (including phenoxy) is 1. The molecule has 0 bridgehead atoms. The number of nitrogens with one attached hydrogen (secondary N) is 2. The van der Waals surface area contributed by atoms with Crippen LogP contribution in [0.25, 0.3) is 6.08 Å². The summed E-state index contributed by atoms with van der Waals surface area (Å²) in [7, 11) is 0. The molecule has 2 N–H and O–H groups in total. The van der Waals surface area contributed by atoms with Gasteiger partial charge in [-0.1, -0.05) is 51.8 Å². The number of nitrogens with zero attached hydrogens (tertiary/aromatic N) is 1. The summed E-state index contributed by atoms with van der Waals surface area (Å²) in [5.74, 6) is -0.655. The lowest BCUT2D eigenvalue weighted by Crippen LogP contribution is -2.20. The number of hydrogen-bond donors (Lipinski definition) is 2. The van der Waals surface area contributed by atoms with Crippen molar-refractivity contribution in [3.05, 3.63) is 91.3 Å². The number of halogens is 3. The van der Waals surface area contributed by atoms with Crippen molar-refractivity contribution >= 4 is 72.7 Å². The molecule has 0 aliphatic carbocycles. The van der Waals surface area contributed by atoms with Crippen LogP contribution in [0.5, 0.6) is 5.75 Å². The molecule has 3 rings (SSSR count). The van der Waals surface area contributed by atoms with E-state index in [4.69, 9.17) is 16.3 Å². The Labute approximate surface area is 218 Å². The maximum atomic E-state index is 12.6. The number of nitriles is 1. The van der Waals surface area contributed by atoms with E-state index in [0.29, 0.717) is 36.7 Å². The third-order valence-electron chi connectivity index (χ3n) is 4.54. The van der Waals surface area contributed by atoms with E-state index in [2.05, 4.69) is 42.5 Å². The average molecular weight is 604 g/mol. The minimum atomic E-state index is -0.565. The summed E-state index contributed by atoms with van der Waals surface area (Å²) in [6.45, 7) is 1.57. The molecule has 0 aliphatic rings. The quantitative estimate of drug-likeness (QED) is 0.231. The Morgan fingerprint density at radius 1 is 1.06 bits per heavy atom. The Morgan fingerprint density at radius 3 is 2.47 bits per heavy atom. The predicted octanol–water partition coefficient (Wildman–Crippen LogP) is 6.74. The third kappa shape index (κ3) is 6.94. The monoisotopic (exact) mass is 601 g/mol. The van der Waals surface area contributed by atoms with Crippen LogP contribution in [-0.4, -0.2) is 18.4 Å². The Kier molecular flexibility index (Phi) is 8.88. The molecule has 34 heavy (non-hydrogen) atoms. The number of hydrogen-bond acceptors (Lipinski definition) is 4. The number of carbonyl (C=O) groups excluding carboxylic acids is 2. The van der Waals surface area contributed by atoms with E-state index in [1.165, 1.54) is 6.08 Å². The van der Waals surface area contributed by atoms with Crippen molar-refractivity contribution in [2.24, 2.45) is 0 Å². The van der Waals surface area contributed by atoms with Gasteiger partial charge in [-0.05, 0) is 70.9 Å². The summed E-state index contributed by atoms with van der Waals surface area (Å²) < 4.78 is 6.99. The van der Waals surface area contributed by atoms with Crippen molar-refractivity contribution in [1.82, 2.24) is 0 Å². The zero-order valence-electron chi connectivity index (χ0n) is 17.9. The highest BCUT2D eigenvalue weighted by Crippen LogP contribution is 2.34. The molecular weight excluding hydrogens is 586 g/mol. The first-order valence-corrected chi connectivity index (χ1v) is 11.9. The highest BCUT2D eigenvalue weighted by atomic mass is 79.9. The number of anilines is 2. The molecule has 0 fully saturated rings. The number of carbonyl (C=O) groups is 2. The zero-order chi connectivity index (χ0) is 24.7. The second-order valence-electron chi connectivity index (χ2n) is 7.10. The van der Waals surface area contributed by atoms with E-state index >= 15 is 0 Å². The largest absolute Gasteiger partial charge is 0.482 e. The normalized spacial score (nSPS) is 10.9. The molecule has 0 aliphatic heterocycles. The summed E-state index contributed by atoms with van der Waals surface area (Å²) in [5.41, 5.74) is 2.32. The van der Waals surface area contributed by atoms with Gasteiger partial charge in [-0.2, -0.15) is 5.26 Å².